The van der Waals surface area contributed by atoms with Crippen molar-refractivity contribution in [2.75, 3.05) is 37.7 Å². The zero-order valence-corrected chi connectivity index (χ0v) is 16.8. The lowest BCUT2D eigenvalue weighted by Crippen LogP contribution is -2.60. The Hall–Kier alpha value is -2.79. The van der Waals surface area contributed by atoms with Crippen LogP contribution in [-0.2, 0) is 16.1 Å². The van der Waals surface area contributed by atoms with Gasteiger partial charge in [0.2, 0.25) is 5.95 Å². The Morgan fingerprint density at radius 2 is 1.81 bits per heavy atom. The van der Waals surface area contributed by atoms with Crippen LogP contribution in [0.15, 0.2) is 42.9 Å². The lowest BCUT2D eigenvalue weighted by Gasteiger charge is -2.48. The number of hydrogen-bond donors (Lipinski definition) is 1. The lowest BCUT2D eigenvalue weighted by molar-refractivity contribution is -0.192. The smallest absolute Gasteiger partial charge is 0.475 e. The molecule has 1 N–H and O–H groups in total. The fourth-order valence-corrected chi connectivity index (χ4v) is 3.76. The monoisotopic (exact) mass is 439 g/mol. The second-order valence-corrected chi connectivity index (χ2v) is 7.44. The number of aromatic nitrogens is 3. The van der Waals surface area contributed by atoms with E-state index in [0.29, 0.717) is 0 Å². The number of halogens is 3. The molecular weight excluding hydrogens is 415 g/mol. The number of carbonyl (C=O) groups is 1. The third-order valence-electron chi connectivity index (χ3n) is 5.06. The SMILES string of the molecule is O=C(O)C(F)(F)F.c1ccc(CN2CCCC3(C2)CN(c2ncccn2)CCO3)nc1. The first kappa shape index (κ1) is 22.9. The largest absolute Gasteiger partial charge is 0.490 e. The highest BCUT2D eigenvalue weighted by Crippen LogP contribution is 2.30. The fourth-order valence-electron chi connectivity index (χ4n) is 3.76. The minimum atomic E-state index is -5.08. The third kappa shape index (κ3) is 6.59. The number of aliphatic carboxylic acids is 1. The number of ether oxygens (including phenoxy) is 1. The van der Waals surface area contributed by atoms with E-state index in [4.69, 9.17) is 14.6 Å². The van der Waals surface area contributed by atoms with Gasteiger partial charge in [0, 0.05) is 38.2 Å². The number of carboxylic acid groups (broad SMARTS) is 1. The number of morpholine rings is 1. The summed E-state index contributed by atoms with van der Waals surface area (Å²) in [4.78, 5) is 26.9. The molecular formula is C20H24F3N5O3. The molecule has 4 heterocycles. The highest BCUT2D eigenvalue weighted by atomic mass is 19.4. The van der Waals surface area contributed by atoms with Gasteiger partial charge in [-0.05, 0) is 37.6 Å². The molecule has 0 saturated carbocycles. The summed E-state index contributed by atoms with van der Waals surface area (Å²) >= 11 is 0. The van der Waals surface area contributed by atoms with Crippen LogP contribution >= 0.6 is 0 Å². The Morgan fingerprint density at radius 1 is 1.10 bits per heavy atom. The fraction of sp³-hybridized carbons (Fsp3) is 0.500. The molecule has 2 aliphatic rings. The van der Waals surface area contributed by atoms with Gasteiger partial charge in [0.25, 0.3) is 0 Å². The molecule has 2 fully saturated rings. The summed E-state index contributed by atoms with van der Waals surface area (Å²) in [5, 5.41) is 7.12. The van der Waals surface area contributed by atoms with Gasteiger partial charge in [0.1, 0.15) is 0 Å². The van der Waals surface area contributed by atoms with Crippen LogP contribution in [0, 0.1) is 0 Å². The highest BCUT2D eigenvalue weighted by Gasteiger charge is 2.41. The van der Waals surface area contributed by atoms with Crippen molar-refractivity contribution in [3.63, 3.8) is 0 Å². The Kier molecular flexibility index (Phi) is 7.39. The van der Waals surface area contributed by atoms with E-state index in [-0.39, 0.29) is 5.60 Å². The molecule has 31 heavy (non-hydrogen) atoms. The van der Waals surface area contributed by atoms with E-state index in [0.717, 1.165) is 63.8 Å². The molecule has 1 atom stereocenters. The van der Waals surface area contributed by atoms with Crippen molar-refractivity contribution in [2.45, 2.75) is 31.2 Å². The van der Waals surface area contributed by atoms with Gasteiger partial charge >= 0.3 is 12.1 Å². The molecule has 1 spiro atoms. The number of anilines is 1. The summed E-state index contributed by atoms with van der Waals surface area (Å²) in [6, 6.07) is 7.96. The average molecular weight is 439 g/mol. The number of nitrogens with zero attached hydrogens (tertiary/aromatic N) is 5. The molecule has 2 aliphatic heterocycles. The Bertz CT molecular complexity index is 837. The van der Waals surface area contributed by atoms with Crippen LogP contribution in [0.1, 0.15) is 18.5 Å². The van der Waals surface area contributed by atoms with Gasteiger partial charge in [0.15, 0.2) is 0 Å². The molecule has 8 nitrogen and oxygen atoms in total. The zero-order valence-electron chi connectivity index (χ0n) is 16.8. The second-order valence-electron chi connectivity index (χ2n) is 7.44. The van der Waals surface area contributed by atoms with Gasteiger partial charge in [-0.25, -0.2) is 14.8 Å². The van der Waals surface area contributed by atoms with Crippen molar-refractivity contribution < 1.29 is 27.8 Å². The van der Waals surface area contributed by atoms with Crippen LogP contribution in [0.5, 0.6) is 0 Å². The van der Waals surface area contributed by atoms with Crippen LogP contribution < -0.4 is 4.90 Å². The number of hydrogen-bond acceptors (Lipinski definition) is 7. The minimum Gasteiger partial charge on any atom is -0.475 e. The summed E-state index contributed by atoms with van der Waals surface area (Å²) in [6.07, 6.45) is 2.63. The highest BCUT2D eigenvalue weighted by molar-refractivity contribution is 5.73. The van der Waals surface area contributed by atoms with Crippen LogP contribution in [0.25, 0.3) is 0 Å². The van der Waals surface area contributed by atoms with E-state index >= 15 is 0 Å². The number of carboxylic acids is 1. The molecule has 4 rings (SSSR count). The maximum atomic E-state index is 10.6. The molecule has 11 heteroatoms. The van der Waals surface area contributed by atoms with Crippen molar-refractivity contribution in [3.8, 4) is 0 Å². The van der Waals surface area contributed by atoms with Crippen LogP contribution in [0.3, 0.4) is 0 Å². The van der Waals surface area contributed by atoms with E-state index in [1.807, 2.05) is 24.4 Å². The van der Waals surface area contributed by atoms with Crippen LogP contribution in [0.4, 0.5) is 19.1 Å². The number of piperidine rings is 1. The normalized spacial score (nSPS) is 22.0. The number of pyridine rings is 1. The number of alkyl halides is 3. The number of likely N-dealkylation sites (tertiary alicyclic amines) is 1. The van der Waals surface area contributed by atoms with Crippen molar-refractivity contribution in [2.24, 2.45) is 0 Å². The third-order valence-corrected chi connectivity index (χ3v) is 5.06. The second kappa shape index (κ2) is 10.0. The first-order valence-corrected chi connectivity index (χ1v) is 9.86. The minimum absolute atomic E-state index is 0.121. The first-order chi connectivity index (χ1) is 14.8. The summed E-state index contributed by atoms with van der Waals surface area (Å²) in [5.41, 5.74) is 0.999. The van der Waals surface area contributed by atoms with Gasteiger partial charge in [-0.3, -0.25) is 9.88 Å². The molecule has 0 amide bonds. The van der Waals surface area contributed by atoms with Crippen molar-refractivity contribution in [1.29, 1.82) is 0 Å². The van der Waals surface area contributed by atoms with Gasteiger partial charge in [-0.2, -0.15) is 13.2 Å². The molecule has 2 aromatic rings. The predicted octanol–water partition coefficient (Wildman–Crippen LogP) is 2.38. The molecule has 1 unspecified atom stereocenters. The van der Waals surface area contributed by atoms with Crippen molar-refractivity contribution in [1.82, 2.24) is 19.9 Å². The van der Waals surface area contributed by atoms with E-state index in [2.05, 4.69) is 30.8 Å². The molecule has 0 aromatic carbocycles. The molecule has 168 valence electrons. The molecule has 0 radical (unpaired) electrons. The standard InChI is InChI=1S/C18H23N5O.C2HF3O2/c1-2-7-19-16(5-1)13-22-10-3-6-18(14-22)15-23(11-12-24-18)17-20-8-4-9-21-17;3-2(4,5)1(6)7/h1-2,4-5,7-9H,3,6,10-15H2;(H,6,7). The summed E-state index contributed by atoms with van der Waals surface area (Å²) in [7, 11) is 0. The molecule has 0 bridgehead atoms. The van der Waals surface area contributed by atoms with Crippen molar-refractivity contribution in [3.05, 3.63) is 48.5 Å². The van der Waals surface area contributed by atoms with Gasteiger partial charge in [0.05, 0.1) is 24.4 Å². The molecule has 2 saturated heterocycles. The average Bonchev–Trinajstić information content (AvgIpc) is 2.75. The van der Waals surface area contributed by atoms with Crippen molar-refractivity contribution >= 4 is 11.9 Å². The van der Waals surface area contributed by atoms with Crippen LogP contribution in [0.2, 0.25) is 0 Å². The van der Waals surface area contributed by atoms with Crippen LogP contribution in [-0.4, -0.2) is 75.5 Å². The molecule has 2 aromatic heterocycles. The Labute approximate surface area is 177 Å². The van der Waals surface area contributed by atoms with E-state index in [9.17, 15) is 13.2 Å². The summed E-state index contributed by atoms with van der Waals surface area (Å²) < 4.78 is 38.0. The topological polar surface area (TPSA) is 91.7 Å². The summed E-state index contributed by atoms with van der Waals surface area (Å²) in [5.74, 6) is -1.95. The Balaban J connectivity index is 0.000000339. The van der Waals surface area contributed by atoms with Gasteiger partial charge in [-0.1, -0.05) is 6.07 Å². The van der Waals surface area contributed by atoms with E-state index in [1.54, 1.807) is 12.4 Å². The maximum absolute atomic E-state index is 10.6. The quantitative estimate of drug-likeness (QED) is 0.780. The van der Waals surface area contributed by atoms with Gasteiger partial charge in [-0.15, -0.1) is 0 Å². The predicted molar refractivity (Wildman–Crippen MR) is 105 cm³/mol. The lowest BCUT2D eigenvalue weighted by atomic mass is 9.90. The first-order valence-electron chi connectivity index (χ1n) is 9.86. The maximum Gasteiger partial charge on any atom is 0.490 e. The Morgan fingerprint density at radius 3 is 2.45 bits per heavy atom. The zero-order chi connectivity index (χ0) is 22.3. The molecule has 0 aliphatic carbocycles. The number of rotatable bonds is 3. The van der Waals surface area contributed by atoms with Gasteiger partial charge < -0.3 is 14.7 Å². The summed E-state index contributed by atoms with van der Waals surface area (Å²) in [6.45, 7) is 5.36. The van der Waals surface area contributed by atoms with E-state index < -0.39 is 12.1 Å². The van der Waals surface area contributed by atoms with E-state index in [1.165, 1.54) is 0 Å².